The highest BCUT2D eigenvalue weighted by Gasteiger charge is 2.46. The van der Waals surface area contributed by atoms with Gasteiger partial charge in [-0.1, -0.05) is 31.9 Å². The van der Waals surface area contributed by atoms with E-state index in [4.69, 9.17) is 4.74 Å². The Labute approximate surface area is 170 Å². The Morgan fingerprint density at radius 2 is 2.00 bits per heavy atom. The van der Waals surface area contributed by atoms with Gasteiger partial charge in [0.05, 0.1) is 13.2 Å². The number of ether oxygens (including phenoxy) is 1. The van der Waals surface area contributed by atoms with Gasteiger partial charge in [-0.2, -0.15) is 0 Å². The summed E-state index contributed by atoms with van der Waals surface area (Å²) in [4.78, 5) is 34.9. The van der Waals surface area contributed by atoms with Gasteiger partial charge in [0.1, 0.15) is 11.4 Å². The van der Waals surface area contributed by atoms with E-state index in [1.54, 1.807) is 0 Å². The van der Waals surface area contributed by atoms with E-state index in [1.165, 1.54) is 6.07 Å². The molecule has 0 unspecified atom stereocenters. The zero-order valence-corrected chi connectivity index (χ0v) is 16.9. The molecule has 2 aromatic rings. The summed E-state index contributed by atoms with van der Waals surface area (Å²) < 4.78 is 5.49. The molecule has 7 nitrogen and oxygen atoms in total. The molecule has 2 N–H and O–H groups in total. The number of benzene rings is 1. The predicted octanol–water partition coefficient (Wildman–Crippen LogP) is 2.58. The number of amides is 1. The van der Waals surface area contributed by atoms with Gasteiger partial charge in [0.2, 0.25) is 5.91 Å². The standard InChI is InChI=1S/C22H28N4O3/c1-2-17-15-19(27)25-20(23-17)16-6-5-7-18(14-16)24-21(28)22(8-3-4-9-22)26-10-12-29-13-11-26/h5-7,14-15H,2-4,8-13H2,1H3,(H,24,28)(H,23,25,27). The average Bonchev–Trinajstić information content (AvgIpc) is 3.25. The van der Waals surface area contributed by atoms with Gasteiger partial charge < -0.3 is 15.0 Å². The summed E-state index contributed by atoms with van der Waals surface area (Å²) in [7, 11) is 0. The number of aromatic amines is 1. The minimum Gasteiger partial charge on any atom is -0.379 e. The van der Waals surface area contributed by atoms with Crippen molar-refractivity contribution in [2.24, 2.45) is 0 Å². The van der Waals surface area contributed by atoms with E-state index in [2.05, 4.69) is 20.2 Å². The largest absolute Gasteiger partial charge is 0.379 e. The number of nitrogens with zero attached hydrogens (tertiary/aromatic N) is 2. The van der Waals surface area contributed by atoms with Crippen LogP contribution < -0.4 is 10.9 Å². The van der Waals surface area contributed by atoms with Crippen molar-refractivity contribution in [1.82, 2.24) is 14.9 Å². The Morgan fingerprint density at radius 1 is 1.24 bits per heavy atom. The molecular formula is C22H28N4O3. The topological polar surface area (TPSA) is 87.3 Å². The van der Waals surface area contributed by atoms with Crippen LogP contribution in [0.3, 0.4) is 0 Å². The lowest BCUT2D eigenvalue weighted by Crippen LogP contribution is -2.58. The average molecular weight is 396 g/mol. The molecule has 2 aliphatic rings. The van der Waals surface area contributed by atoms with Crippen molar-refractivity contribution >= 4 is 11.6 Å². The summed E-state index contributed by atoms with van der Waals surface area (Å²) in [6.45, 7) is 4.91. The molecule has 2 fully saturated rings. The molecule has 1 aromatic heterocycles. The summed E-state index contributed by atoms with van der Waals surface area (Å²) in [5, 5.41) is 3.13. The first kappa shape index (κ1) is 19.8. The summed E-state index contributed by atoms with van der Waals surface area (Å²) in [6, 6.07) is 9.03. The quantitative estimate of drug-likeness (QED) is 0.811. The second-order valence-corrected chi connectivity index (χ2v) is 7.81. The number of carbonyl (C=O) groups is 1. The third-order valence-corrected chi connectivity index (χ3v) is 6.02. The molecule has 1 aliphatic heterocycles. The third kappa shape index (κ3) is 4.11. The van der Waals surface area contributed by atoms with Crippen LogP contribution in [-0.2, 0) is 16.0 Å². The van der Waals surface area contributed by atoms with E-state index >= 15 is 0 Å². The fraction of sp³-hybridized carbons (Fsp3) is 0.500. The molecule has 1 saturated heterocycles. The number of hydrogen-bond donors (Lipinski definition) is 2. The summed E-state index contributed by atoms with van der Waals surface area (Å²) in [5.74, 6) is 0.576. The number of anilines is 1. The van der Waals surface area contributed by atoms with Gasteiger partial charge in [0, 0.05) is 36.1 Å². The van der Waals surface area contributed by atoms with Crippen molar-refractivity contribution in [1.29, 1.82) is 0 Å². The molecule has 1 aromatic carbocycles. The number of carbonyl (C=O) groups excluding carboxylic acids is 1. The summed E-state index contributed by atoms with van der Waals surface area (Å²) in [5.41, 5.74) is 1.63. The van der Waals surface area contributed by atoms with Gasteiger partial charge in [-0.25, -0.2) is 4.98 Å². The van der Waals surface area contributed by atoms with Gasteiger partial charge in [-0.3, -0.25) is 14.5 Å². The molecule has 0 spiro atoms. The van der Waals surface area contributed by atoms with Crippen LogP contribution >= 0.6 is 0 Å². The van der Waals surface area contributed by atoms with Crippen LogP contribution in [0, 0.1) is 0 Å². The second kappa shape index (κ2) is 8.47. The number of aromatic nitrogens is 2. The third-order valence-electron chi connectivity index (χ3n) is 6.02. The van der Waals surface area contributed by atoms with Crippen LogP contribution in [0.2, 0.25) is 0 Å². The highest BCUT2D eigenvalue weighted by Crippen LogP contribution is 2.37. The molecule has 29 heavy (non-hydrogen) atoms. The minimum absolute atomic E-state index is 0.0535. The highest BCUT2D eigenvalue weighted by atomic mass is 16.5. The summed E-state index contributed by atoms with van der Waals surface area (Å²) >= 11 is 0. The van der Waals surface area contributed by atoms with E-state index in [0.29, 0.717) is 25.5 Å². The Bertz CT molecular complexity index is 928. The Kier molecular flexibility index (Phi) is 5.78. The lowest BCUT2D eigenvalue weighted by Gasteiger charge is -2.42. The molecule has 1 saturated carbocycles. The Hall–Kier alpha value is -2.51. The zero-order chi connectivity index (χ0) is 20.3. The van der Waals surface area contributed by atoms with E-state index in [-0.39, 0.29) is 11.5 Å². The maximum Gasteiger partial charge on any atom is 0.251 e. The molecule has 4 rings (SSSR count). The molecule has 7 heteroatoms. The molecular weight excluding hydrogens is 368 g/mol. The summed E-state index contributed by atoms with van der Waals surface area (Å²) in [6.07, 6.45) is 4.59. The van der Waals surface area contributed by atoms with Crippen molar-refractivity contribution in [3.63, 3.8) is 0 Å². The molecule has 154 valence electrons. The minimum atomic E-state index is -0.450. The van der Waals surface area contributed by atoms with Crippen LogP contribution in [0.1, 0.15) is 38.3 Å². The molecule has 0 radical (unpaired) electrons. The molecule has 0 bridgehead atoms. The first-order chi connectivity index (χ1) is 14.1. The van der Waals surface area contributed by atoms with Crippen molar-refractivity contribution in [2.45, 2.75) is 44.6 Å². The van der Waals surface area contributed by atoms with Gasteiger partial charge in [0.25, 0.3) is 5.56 Å². The normalized spacial score (nSPS) is 19.2. The van der Waals surface area contributed by atoms with Crippen molar-refractivity contribution in [3.8, 4) is 11.4 Å². The van der Waals surface area contributed by atoms with E-state index < -0.39 is 5.54 Å². The van der Waals surface area contributed by atoms with Crippen molar-refractivity contribution < 1.29 is 9.53 Å². The smallest absolute Gasteiger partial charge is 0.251 e. The predicted molar refractivity (Wildman–Crippen MR) is 112 cm³/mol. The maximum atomic E-state index is 13.4. The lowest BCUT2D eigenvalue weighted by molar-refractivity contribution is -0.131. The Balaban J connectivity index is 1.58. The van der Waals surface area contributed by atoms with Crippen molar-refractivity contribution in [2.75, 3.05) is 31.6 Å². The number of nitrogens with one attached hydrogen (secondary N) is 2. The first-order valence-corrected chi connectivity index (χ1v) is 10.5. The van der Waals surface area contributed by atoms with Gasteiger partial charge in [0.15, 0.2) is 0 Å². The number of H-pyrrole nitrogens is 1. The SMILES string of the molecule is CCc1cc(=O)[nH]c(-c2cccc(NC(=O)C3(N4CCOCC4)CCCC3)c2)n1. The van der Waals surface area contributed by atoms with Crippen LogP contribution in [0.5, 0.6) is 0 Å². The number of hydrogen-bond acceptors (Lipinski definition) is 5. The fourth-order valence-electron chi connectivity index (χ4n) is 4.46. The zero-order valence-electron chi connectivity index (χ0n) is 16.9. The monoisotopic (exact) mass is 396 g/mol. The molecule has 1 aliphatic carbocycles. The van der Waals surface area contributed by atoms with Gasteiger partial charge in [-0.05, 0) is 31.4 Å². The highest BCUT2D eigenvalue weighted by molar-refractivity contribution is 5.98. The Morgan fingerprint density at radius 3 is 2.72 bits per heavy atom. The van der Waals surface area contributed by atoms with Crippen LogP contribution in [0.15, 0.2) is 35.1 Å². The molecule has 2 heterocycles. The van der Waals surface area contributed by atoms with Crippen molar-refractivity contribution in [3.05, 3.63) is 46.4 Å². The molecule has 1 amide bonds. The van der Waals surface area contributed by atoms with Crippen LogP contribution in [0.4, 0.5) is 5.69 Å². The second-order valence-electron chi connectivity index (χ2n) is 7.81. The lowest BCUT2D eigenvalue weighted by atomic mass is 9.93. The van der Waals surface area contributed by atoms with Crippen LogP contribution in [0.25, 0.3) is 11.4 Å². The maximum absolute atomic E-state index is 13.4. The van der Waals surface area contributed by atoms with Gasteiger partial charge >= 0.3 is 0 Å². The number of aryl methyl sites for hydroxylation is 1. The van der Waals surface area contributed by atoms with Gasteiger partial charge in [-0.15, -0.1) is 0 Å². The molecule has 0 atom stereocenters. The van der Waals surface area contributed by atoms with Crippen LogP contribution in [-0.4, -0.2) is 52.6 Å². The van der Waals surface area contributed by atoms with E-state index in [1.807, 2.05) is 31.2 Å². The first-order valence-electron chi connectivity index (χ1n) is 10.5. The number of rotatable bonds is 5. The van der Waals surface area contributed by atoms with E-state index in [9.17, 15) is 9.59 Å². The fourth-order valence-corrected chi connectivity index (χ4v) is 4.46. The number of morpholine rings is 1. The van der Waals surface area contributed by atoms with E-state index in [0.717, 1.165) is 55.7 Å².